The molecular weight excluding hydrogens is 540 g/mol. The van der Waals surface area contributed by atoms with Crippen LogP contribution in [0.3, 0.4) is 0 Å². The molecule has 0 bridgehead atoms. The Labute approximate surface area is 201 Å². The molecule has 29 heavy (non-hydrogen) atoms. The van der Waals surface area contributed by atoms with Crippen molar-refractivity contribution < 1.29 is 13.6 Å². The summed E-state index contributed by atoms with van der Waals surface area (Å²) in [5, 5.41) is 1.81. The lowest BCUT2D eigenvalue weighted by atomic mass is 10.3. The van der Waals surface area contributed by atoms with Gasteiger partial charge in [-0.3, -0.25) is 0 Å². The smallest absolute Gasteiger partial charge is 0.407 e. The molecule has 0 saturated heterocycles. The molecule has 0 aliphatic carbocycles. The average molecular weight is 549 g/mol. The minimum absolute atomic E-state index is 0.113. The summed E-state index contributed by atoms with van der Waals surface area (Å²) in [5.74, 6) is 0.226. The minimum atomic E-state index is -3.98. The zero-order chi connectivity index (χ0) is 21.2. The van der Waals surface area contributed by atoms with E-state index in [-0.39, 0.29) is 26.6 Å². The molecule has 0 amide bonds. The van der Waals surface area contributed by atoms with Gasteiger partial charge in [-0.2, -0.15) is 0 Å². The predicted octanol–water partition coefficient (Wildman–Crippen LogP) is 9.97. The van der Waals surface area contributed by atoms with Crippen LogP contribution in [0, 0.1) is 0 Å². The summed E-state index contributed by atoms with van der Waals surface area (Å²) in [6, 6.07) is 13.7. The molecule has 0 fully saturated rings. The van der Waals surface area contributed by atoms with E-state index in [1.165, 1.54) is 30.3 Å². The molecule has 0 heterocycles. The number of benzene rings is 3. The highest BCUT2D eigenvalue weighted by Gasteiger charge is 2.33. The van der Waals surface area contributed by atoms with Crippen molar-refractivity contribution in [3.05, 3.63) is 84.7 Å². The highest BCUT2D eigenvalue weighted by molar-refractivity contribution is 8.55. The molecule has 0 aromatic heterocycles. The maximum Gasteiger partial charge on any atom is 0.497 e. The van der Waals surface area contributed by atoms with Crippen LogP contribution in [0.5, 0.6) is 11.5 Å². The zero-order valence-electron chi connectivity index (χ0n) is 14.0. The van der Waals surface area contributed by atoms with Gasteiger partial charge in [-0.05, 0) is 54.6 Å². The van der Waals surface area contributed by atoms with Crippen molar-refractivity contribution in [2.45, 2.75) is 4.90 Å². The molecular formula is C18H9Cl6O3PS. The highest BCUT2D eigenvalue weighted by Crippen LogP contribution is 2.64. The Kier molecular flexibility index (Phi) is 7.86. The second kappa shape index (κ2) is 9.80. The van der Waals surface area contributed by atoms with Crippen LogP contribution in [0.4, 0.5) is 0 Å². The molecule has 152 valence electrons. The SMILES string of the molecule is O=P(Oc1ccc(Cl)cc1Cl)(Oc1ccc(Cl)cc1Cl)Sc1ccc(Cl)cc1Cl. The van der Waals surface area contributed by atoms with E-state index in [4.69, 9.17) is 78.7 Å². The van der Waals surface area contributed by atoms with Crippen molar-refractivity contribution in [1.29, 1.82) is 0 Å². The van der Waals surface area contributed by atoms with Crippen molar-refractivity contribution in [2.24, 2.45) is 0 Å². The number of halogens is 6. The molecule has 0 aliphatic heterocycles. The van der Waals surface area contributed by atoms with E-state index in [1.54, 1.807) is 24.3 Å². The van der Waals surface area contributed by atoms with E-state index in [9.17, 15) is 4.57 Å². The van der Waals surface area contributed by atoms with E-state index >= 15 is 0 Å². The summed E-state index contributed by atoms with van der Waals surface area (Å²) in [6.45, 7) is -3.98. The molecule has 0 unspecified atom stereocenters. The molecule has 3 rings (SSSR count). The van der Waals surface area contributed by atoms with Gasteiger partial charge in [-0.1, -0.05) is 69.6 Å². The normalized spacial score (nSPS) is 11.4. The zero-order valence-corrected chi connectivity index (χ0v) is 20.3. The Morgan fingerprint density at radius 2 is 1.03 bits per heavy atom. The van der Waals surface area contributed by atoms with E-state index in [1.807, 2.05) is 0 Å². The average Bonchev–Trinajstić information content (AvgIpc) is 2.63. The monoisotopic (exact) mass is 546 g/mol. The Morgan fingerprint density at radius 3 is 1.45 bits per heavy atom. The summed E-state index contributed by atoms with van der Waals surface area (Å²) in [6.07, 6.45) is 0. The summed E-state index contributed by atoms with van der Waals surface area (Å²) < 4.78 is 25.1. The summed E-state index contributed by atoms with van der Waals surface area (Å²) in [7, 11) is 0. The van der Waals surface area contributed by atoms with Crippen molar-refractivity contribution in [3.63, 3.8) is 0 Å². The van der Waals surface area contributed by atoms with E-state index in [0.29, 0.717) is 20.0 Å². The van der Waals surface area contributed by atoms with Crippen LogP contribution in [0.15, 0.2) is 59.5 Å². The fourth-order valence-corrected chi connectivity index (χ4v) is 7.09. The fraction of sp³-hybridized carbons (Fsp3) is 0. The number of rotatable bonds is 6. The molecule has 11 heteroatoms. The lowest BCUT2D eigenvalue weighted by molar-refractivity contribution is 0.408. The second-order valence-corrected chi connectivity index (χ2v) is 11.7. The first-order valence-electron chi connectivity index (χ1n) is 7.69. The maximum atomic E-state index is 13.7. The molecule has 3 aromatic rings. The van der Waals surface area contributed by atoms with Crippen molar-refractivity contribution in [2.75, 3.05) is 0 Å². The summed E-state index contributed by atoms with van der Waals surface area (Å²) >= 11 is 37.1. The van der Waals surface area contributed by atoms with Gasteiger partial charge in [-0.25, -0.2) is 4.57 Å². The van der Waals surface area contributed by atoms with Crippen LogP contribution in [-0.2, 0) is 4.57 Å². The van der Waals surface area contributed by atoms with Crippen LogP contribution in [0.25, 0.3) is 0 Å². The molecule has 0 saturated carbocycles. The largest absolute Gasteiger partial charge is 0.497 e. The van der Waals surface area contributed by atoms with Gasteiger partial charge >= 0.3 is 6.80 Å². The van der Waals surface area contributed by atoms with Crippen molar-refractivity contribution in [3.8, 4) is 11.5 Å². The molecule has 3 aromatic carbocycles. The molecule has 0 N–H and O–H groups in total. The van der Waals surface area contributed by atoms with Crippen molar-refractivity contribution >= 4 is 87.8 Å². The Hall–Kier alpha value is -0.420. The lowest BCUT2D eigenvalue weighted by Gasteiger charge is -2.21. The van der Waals surface area contributed by atoms with Gasteiger partial charge in [0, 0.05) is 31.3 Å². The third-order valence-electron chi connectivity index (χ3n) is 3.31. The topological polar surface area (TPSA) is 35.5 Å². The van der Waals surface area contributed by atoms with Crippen LogP contribution in [-0.4, -0.2) is 0 Å². The van der Waals surface area contributed by atoms with Gasteiger partial charge in [0.2, 0.25) is 0 Å². The summed E-state index contributed by atoms with van der Waals surface area (Å²) in [5.41, 5.74) is 0. The van der Waals surface area contributed by atoms with Gasteiger partial charge < -0.3 is 9.05 Å². The van der Waals surface area contributed by atoms with Crippen LogP contribution in [0.2, 0.25) is 30.1 Å². The third-order valence-corrected chi connectivity index (χ3v) is 8.36. The van der Waals surface area contributed by atoms with E-state index in [0.717, 1.165) is 11.4 Å². The van der Waals surface area contributed by atoms with Gasteiger partial charge in [0.25, 0.3) is 0 Å². The van der Waals surface area contributed by atoms with E-state index in [2.05, 4.69) is 0 Å². The minimum Gasteiger partial charge on any atom is -0.407 e. The van der Waals surface area contributed by atoms with Gasteiger partial charge in [-0.15, -0.1) is 0 Å². The number of hydrogen-bond donors (Lipinski definition) is 0. The van der Waals surface area contributed by atoms with Crippen LogP contribution < -0.4 is 9.05 Å². The van der Waals surface area contributed by atoms with E-state index < -0.39 is 6.80 Å². The van der Waals surface area contributed by atoms with Crippen molar-refractivity contribution in [1.82, 2.24) is 0 Å². The van der Waals surface area contributed by atoms with Gasteiger partial charge in [0.15, 0.2) is 0 Å². The van der Waals surface area contributed by atoms with Gasteiger partial charge in [0.1, 0.15) is 11.5 Å². The molecule has 0 spiro atoms. The molecule has 0 radical (unpaired) electrons. The first-order valence-corrected chi connectivity index (χ1v) is 12.9. The van der Waals surface area contributed by atoms with Gasteiger partial charge in [0.05, 0.1) is 15.1 Å². The predicted molar refractivity (Wildman–Crippen MR) is 124 cm³/mol. The summed E-state index contributed by atoms with van der Waals surface area (Å²) in [4.78, 5) is 0.426. The standard InChI is InChI=1S/C18H9Cl6O3PS/c19-10-1-4-16(13(22)7-10)26-28(25,27-17-5-2-11(20)8-14(17)23)29-18-6-3-12(21)9-15(18)24/h1-9H. The lowest BCUT2D eigenvalue weighted by Crippen LogP contribution is -1.99. The molecule has 0 aliphatic rings. The first kappa shape index (κ1) is 23.2. The second-order valence-electron chi connectivity index (χ2n) is 5.45. The molecule has 3 nitrogen and oxygen atoms in total. The Balaban J connectivity index is 2.00. The Bertz CT molecular complexity index is 974. The first-order chi connectivity index (χ1) is 13.6. The maximum absolute atomic E-state index is 13.7. The van der Waals surface area contributed by atoms with Crippen LogP contribution >= 0.6 is 87.8 Å². The number of hydrogen-bond acceptors (Lipinski definition) is 4. The Morgan fingerprint density at radius 1 is 0.621 bits per heavy atom. The quantitative estimate of drug-likeness (QED) is 0.287. The van der Waals surface area contributed by atoms with Crippen LogP contribution in [0.1, 0.15) is 0 Å². The highest BCUT2D eigenvalue weighted by atomic mass is 35.5. The third kappa shape index (κ3) is 6.29. The fourth-order valence-electron chi connectivity index (χ4n) is 2.06. The molecule has 0 atom stereocenters.